The second-order valence-electron chi connectivity index (χ2n) is 8.28. The summed E-state index contributed by atoms with van der Waals surface area (Å²) in [6, 6.07) is 27.1. The van der Waals surface area contributed by atoms with Crippen molar-refractivity contribution in [2.45, 2.75) is 6.54 Å². The molecule has 4 heterocycles. The van der Waals surface area contributed by atoms with Gasteiger partial charge in [-0.3, -0.25) is 9.97 Å². The van der Waals surface area contributed by atoms with E-state index in [-0.39, 0.29) is 0 Å². The number of hydrogen-bond donors (Lipinski definition) is 1. The Hall–Kier alpha value is -4.51. The third-order valence-electron chi connectivity index (χ3n) is 6.31. The SMILES string of the molecule is c1ccc(Cn2cc(-c3nc4c5cccnc5c5ncccc5c4[nH]3)c3ccccc32)cc1. The maximum atomic E-state index is 5.10. The number of aromatic nitrogens is 5. The van der Waals surface area contributed by atoms with Crippen molar-refractivity contribution >= 4 is 43.7 Å². The lowest BCUT2D eigenvalue weighted by Gasteiger charge is -2.05. The number of fused-ring (bicyclic) bond motifs is 7. The Bertz CT molecular complexity index is 1720. The Morgan fingerprint density at radius 3 is 2.21 bits per heavy atom. The van der Waals surface area contributed by atoms with Gasteiger partial charge in [-0.2, -0.15) is 0 Å². The fourth-order valence-electron chi connectivity index (χ4n) is 4.82. The highest BCUT2D eigenvalue weighted by Crippen LogP contribution is 2.35. The maximum absolute atomic E-state index is 5.10. The summed E-state index contributed by atoms with van der Waals surface area (Å²) in [7, 11) is 0. The van der Waals surface area contributed by atoms with Gasteiger partial charge in [-0.05, 0) is 35.9 Å². The quantitative estimate of drug-likeness (QED) is 0.337. The van der Waals surface area contributed by atoms with E-state index in [1.807, 2.05) is 24.5 Å². The van der Waals surface area contributed by atoms with Crippen LogP contribution in [-0.4, -0.2) is 24.5 Å². The molecular formula is C28H19N5. The van der Waals surface area contributed by atoms with Gasteiger partial charge in [0.25, 0.3) is 0 Å². The van der Waals surface area contributed by atoms with Crippen LogP contribution in [-0.2, 0) is 6.54 Å². The number of pyridine rings is 2. The molecule has 0 saturated heterocycles. The number of rotatable bonds is 3. The van der Waals surface area contributed by atoms with Crippen molar-refractivity contribution in [1.82, 2.24) is 24.5 Å². The lowest BCUT2D eigenvalue weighted by molar-refractivity contribution is 0.837. The lowest BCUT2D eigenvalue weighted by atomic mass is 10.1. The van der Waals surface area contributed by atoms with Gasteiger partial charge in [0.2, 0.25) is 0 Å². The van der Waals surface area contributed by atoms with Crippen molar-refractivity contribution in [3.63, 3.8) is 0 Å². The van der Waals surface area contributed by atoms with Gasteiger partial charge in [-0.25, -0.2) is 4.98 Å². The van der Waals surface area contributed by atoms with Crippen molar-refractivity contribution in [2.75, 3.05) is 0 Å². The Kier molecular flexibility index (Phi) is 3.84. The van der Waals surface area contributed by atoms with Crippen LogP contribution >= 0.6 is 0 Å². The van der Waals surface area contributed by atoms with E-state index in [1.54, 1.807) is 0 Å². The summed E-state index contributed by atoms with van der Waals surface area (Å²) in [6.45, 7) is 0.807. The molecular weight excluding hydrogens is 406 g/mol. The van der Waals surface area contributed by atoms with Crippen LogP contribution in [0.1, 0.15) is 5.56 Å². The van der Waals surface area contributed by atoms with Gasteiger partial charge in [0.05, 0.1) is 22.1 Å². The molecule has 33 heavy (non-hydrogen) atoms. The Morgan fingerprint density at radius 2 is 1.36 bits per heavy atom. The first-order valence-corrected chi connectivity index (χ1v) is 11.0. The van der Waals surface area contributed by atoms with Gasteiger partial charge < -0.3 is 9.55 Å². The molecule has 156 valence electrons. The average Bonchev–Trinajstić information content (AvgIpc) is 3.48. The van der Waals surface area contributed by atoms with Crippen LogP contribution in [0.15, 0.2) is 97.5 Å². The fraction of sp³-hybridized carbons (Fsp3) is 0.0357. The van der Waals surface area contributed by atoms with Gasteiger partial charge in [-0.15, -0.1) is 0 Å². The largest absolute Gasteiger partial charge is 0.342 e. The molecule has 5 heteroatoms. The zero-order chi connectivity index (χ0) is 21.8. The van der Waals surface area contributed by atoms with E-state index in [1.165, 1.54) is 16.5 Å². The standard InChI is InChI=1S/C28H19N5/c1-2-8-18(9-3-1)16-33-17-22(19-10-4-5-13-23(19)33)28-31-26-20-11-6-14-29-24(20)25-21(27(26)32-28)12-7-15-30-25/h1-15,17H,16H2,(H,31,32). The molecule has 0 aliphatic rings. The van der Waals surface area contributed by atoms with E-state index in [9.17, 15) is 0 Å². The van der Waals surface area contributed by atoms with Gasteiger partial charge in [0, 0.05) is 52.4 Å². The topological polar surface area (TPSA) is 59.4 Å². The third kappa shape index (κ3) is 2.76. The molecule has 7 aromatic rings. The summed E-state index contributed by atoms with van der Waals surface area (Å²) < 4.78 is 2.30. The number of nitrogens with one attached hydrogen (secondary N) is 1. The van der Waals surface area contributed by atoms with Gasteiger partial charge in [0.1, 0.15) is 5.82 Å². The molecule has 0 spiro atoms. The van der Waals surface area contributed by atoms with Crippen LogP contribution in [0.3, 0.4) is 0 Å². The van der Waals surface area contributed by atoms with Gasteiger partial charge in [-0.1, -0.05) is 48.5 Å². The summed E-state index contributed by atoms with van der Waals surface area (Å²) in [5.41, 5.74) is 7.24. The van der Waals surface area contributed by atoms with Crippen molar-refractivity contribution in [3.8, 4) is 11.4 Å². The summed E-state index contributed by atoms with van der Waals surface area (Å²) in [5, 5.41) is 3.22. The second kappa shape index (κ2) is 7.00. The molecule has 4 aromatic heterocycles. The van der Waals surface area contributed by atoms with E-state index in [4.69, 9.17) is 4.98 Å². The first-order chi connectivity index (χ1) is 16.4. The predicted molar refractivity (Wildman–Crippen MR) is 133 cm³/mol. The van der Waals surface area contributed by atoms with E-state index >= 15 is 0 Å². The van der Waals surface area contributed by atoms with Crippen molar-refractivity contribution in [2.24, 2.45) is 0 Å². The van der Waals surface area contributed by atoms with Crippen LogP contribution in [0.2, 0.25) is 0 Å². The third-order valence-corrected chi connectivity index (χ3v) is 6.31. The average molecular weight is 425 g/mol. The van der Waals surface area contributed by atoms with Crippen molar-refractivity contribution < 1.29 is 0 Å². The smallest absolute Gasteiger partial charge is 0.140 e. The van der Waals surface area contributed by atoms with Crippen LogP contribution in [0.4, 0.5) is 0 Å². The molecule has 0 aliphatic heterocycles. The zero-order valence-electron chi connectivity index (χ0n) is 17.7. The van der Waals surface area contributed by atoms with Crippen molar-refractivity contribution in [3.05, 3.63) is 103 Å². The minimum atomic E-state index is 0.807. The number of aromatic amines is 1. The Morgan fingerprint density at radius 1 is 0.667 bits per heavy atom. The van der Waals surface area contributed by atoms with Gasteiger partial charge in [0.15, 0.2) is 0 Å². The first-order valence-electron chi connectivity index (χ1n) is 11.0. The molecule has 5 nitrogen and oxygen atoms in total. The number of para-hydroxylation sites is 1. The Balaban J connectivity index is 1.50. The molecule has 0 amide bonds. The summed E-state index contributed by atoms with van der Waals surface area (Å²) in [5.74, 6) is 0.856. The predicted octanol–water partition coefficient (Wildman–Crippen LogP) is 6.33. The van der Waals surface area contributed by atoms with Crippen LogP contribution in [0, 0.1) is 0 Å². The van der Waals surface area contributed by atoms with E-state index in [2.05, 4.69) is 92.4 Å². The summed E-state index contributed by atoms with van der Waals surface area (Å²) in [6.07, 6.45) is 5.83. The molecule has 1 N–H and O–H groups in total. The summed E-state index contributed by atoms with van der Waals surface area (Å²) >= 11 is 0. The van der Waals surface area contributed by atoms with Crippen molar-refractivity contribution in [1.29, 1.82) is 0 Å². The van der Waals surface area contributed by atoms with Crippen LogP contribution < -0.4 is 0 Å². The fourth-order valence-corrected chi connectivity index (χ4v) is 4.82. The Labute approximate surface area is 189 Å². The van der Waals surface area contributed by atoms with Gasteiger partial charge >= 0.3 is 0 Å². The number of hydrogen-bond acceptors (Lipinski definition) is 3. The molecule has 0 radical (unpaired) electrons. The number of imidazole rings is 1. The minimum Gasteiger partial charge on any atom is -0.342 e. The lowest BCUT2D eigenvalue weighted by Crippen LogP contribution is -1.97. The molecule has 0 fully saturated rings. The summed E-state index contributed by atoms with van der Waals surface area (Å²) in [4.78, 5) is 18.0. The molecule has 3 aromatic carbocycles. The monoisotopic (exact) mass is 425 g/mol. The molecule has 0 aliphatic carbocycles. The molecule has 0 unspecified atom stereocenters. The first kappa shape index (κ1) is 18.1. The normalized spacial score (nSPS) is 11.8. The number of H-pyrrole nitrogens is 1. The minimum absolute atomic E-state index is 0.807. The van der Waals surface area contributed by atoms with E-state index in [0.29, 0.717) is 0 Å². The molecule has 0 bridgehead atoms. The molecule has 0 atom stereocenters. The van der Waals surface area contributed by atoms with Crippen LogP contribution in [0.25, 0.3) is 55.1 Å². The van der Waals surface area contributed by atoms with Crippen LogP contribution in [0.5, 0.6) is 0 Å². The highest BCUT2D eigenvalue weighted by atomic mass is 15.0. The maximum Gasteiger partial charge on any atom is 0.140 e. The van der Waals surface area contributed by atoms with E-state index < -0.39 is 0 Å². The van der Waals surface area contributed by atoms with E-state index in [0.717, 1.165) is 50.8 Å². The number of nitrogens with zero attached hydrogens (tertiary/aromatic N) is 4. The second-order valence-corrected chi connectivity index (χ2v) is 8.28. The zero-order valence-corrected chi connectivity index (χ0v) is 17.7. The highest BCUT2D eigenvalue weighted by molar-refractivity contribution is 6.21. The highest BCUT2D eigenvalue weighted by Gasteiger charge is 2.18. The molecule has 0 saturated carbocycles. The number of benzene rings is 3. The molecule has 7 rings (SSSR count).